The molecule has 0 atom stereocenters. The predicted molar refractivity (Wildman–Crippen MR) is 31.5 cm³/mol. The van der Waals surface area contributed by atoms with Gasteiger partial charge in [-0.25, -0.2) is 0 Å². The van der Waals surface area contributed by atoms with Crippen LogP contribution >= 0.6 is 0 Å². The van der Waals surface area contributed by atoms with Crippen LogP contribution in [0.15, 0.2) is 0 Å². The summed E-state index contributed by atoms with van der Waals surface area (Å²) < 4.78 is 0. The van der Waals surface area contributed by atoms with E-state index >= 15 is 0 Å². The van der Waals surface area contributed by atoms with Crippen molar-refractivity contribution in [3.05, 3.63) is 39.9 Å². The first-order valence-corrected chi connectivity index (χ1v) is 0.548. The van der Waals surface area contributed by atoms with E-state index in [4.69, 9.17) is 15.3 Å². The summed E-state index contributed by atoms with van der Waals surface area (Å²) in [5, 5.41) is 14.8. The molecule has 0 fully saturated rings. The fourth-order valence-electron chi connectivity index (χ4n) is 0. The number of rotatable bonds is 0. The predicted octanol–water partition coefficient (Wildman–Crippen LogP) is 2.63. The van der Waals surface area contributed by atoms with E-state index in [0.29, 0.717) is 0 Å². The average molecular weight is 321 g/mol. The van der Waals surface area contributed by atoms with E-state index < -0.39 is 5.09 Å². The molecule has 8 nitrogen and oxygen atoms in total. The van der Waals surface area contributed by atoms with Gasteiger partial charge in [0, 0.05) is 0 Å². The Labute approximate surface area is 66.7 Å². The minimum atomic E-state index is -1.75. The molecular weight excluding hydrogens is 313 g/mol. The van der Waals surface area contributed by atoms with Crippen LogP contribution in [0.5, 0.6) is 0 Å². The molecule has 0 aromatic carbocycles. The van der Waals surface area contributed by atoms with Gasteiger partial charge in [-0.3, -0.25) is 0 Å². The second kappa shape index (κ2) is 47.0. The van der Waals surface area contributed by atoms with Crippen LogP contribution < -0.4 is 0 Å². The average Bonchev–Trinajstić information content (AvgIpc) is 0.811. The normalized spacial score (nSPS) is 2.67. The summed E-state index contributed by atoms with van der Waals surface area (Å²) in [5.74, 6) is 0. The number of hydrogen-bond acceptors (Lipinski definition) is 3. The summed E-state index contributed by atoms with van der Waals surface area (Å²) in [6.45, 7) is 0. The molecule has 0 bridgehead atoms. The maximum absolute atomic E-state index is 8.25. The van der Waals surface area contributed by atoms with Gasteiger partial charge in [-0.2, -0.15) is 0 Å². The number of nitrogens with zero attached hydrogens (tertiary/aromatic N) is 1. The molecule has 9 heavy (non-hydrogen) atoms. The van der Waals surface area contributed by atoms with E-state index in [-0.39, 0.29) is 45.7 Å². The standard InChI is InChI=1S/NO3.4H2N.Pt/c2-1(3)4;;;;;/h;4*1H2;/q5*-1;+2. The van der Waals surface area contributed by atoms with Gasteiger partial charge in [-0.1, -0.05) is 0 Å². The van der Waals surface area contributed by atoms with Crippen molar-refractivity contribution in [2.75, 3.05) is 0 Å². The molecule has 0 aliphatic heterocycles. The molecule has 0 rings (SSSR count). The molecule has 0 spiro atoms. The smallest absolute Gasteiger partial charge is 0.693 e. The fraction of sp³-hybridized carbons (Fsp3) is 0. The zero-order valence-corrected chi connectivity index (χ0v) is 6.57. The Balaban J connectivity index is -0.00000000450. The molecule has 0 aliphatic carbocycles. The Bertz CT molecular complexity index is 35.2. The summed E-state index contributed by atoms with van der Waals surface area (Å²) in [5.41, 5.74) is 0. The first kappa shape index (κ1) is 70.0. The molecule has 0 aromatic rings. The van der Waals surface area contributed by atoms with Crippen LogP contribution in [0.1, 0.15) is 0 Å². The second-order valence-electron chi connectivity index (χ2n) is 0.224. The molecule has 9 heteroatoms. The van der Waals surface area contributed by atoms with Crippen molar-refractivity contribution < 1.29 is 26.2 Å². The summed E-state index contributed by atoms with van der Waals surface area (Å²) in [4.78, 5) is 8.25. The van der Waals surface area contributed by atoms with Crippen molar-refractivity contribution in [3.63, 3.8) is 0 Å². The van der Waals surface area contributed by atoms with Gasteiger partial charge >= 0.3 is 21.1 Å². The zero-order chi connectivity index (χ0) is 3.58. The van der Waals surface area contributed by atoms with Gasteiger partial charge in [0.05, 0.1) is 5.09 Å². The Morgan fingerprint density at radius 3 is 0.889 bits per heavy atom. The van der Waals surface area contributed by atoms with E-state index in [9.17, 15) is 0 Å². The van der Waals surface area contributed by atoms with Crippen molar-refractivity contribution in [2.45, 2.75) is 0 Å². The van der Waals surface area contributed by atoms with Gasteiger partial charge in [0.25, 0.3) is 0 Å². The van der Waals surface area contributed by atoms with Crippen molar-refractivity contribution in [1.82, 2.24) is 0 Å². The van der Waals surface area contributed by atoms with Crippen molar-refractivity contribution in [3.8, 4) is 0 Å². The third-order valence-corrected chi connectivity index (χ3v) is 0. The van der Waals surface area contributed by atoms with Gasteiger partial charge < -0.3 is 39.9 Å². The maximum Gasteiger partial charge on any atom is 2.00 e. The van der Waals surface area contributed by atoms with E-state index in [1.165, 1.54) is 0 Å². The van der Waals surface area contributed by atoms with Gasteiger partial charge in [-0.05, 0) is 0 Å². The maximum atomic E-state index is 8.25. The van der Waals surface area contributed by atoms with Crippen LogP contribution in [0.4, 0.5) is 0 Å². The first-order chi connectivity index (χ1) is 1.73. The third kappa shape index (κ3) is 3440. The van der Waals surface area contributed by atoms with Crippen LogP contribution in [-0.4, -0.2) is 5.09 Å². The van der Waals surface area contributed by atoms with Gasteiger partial charge in [0.15, 0.2) is 0 Å². The second-order valence-corrected chi connectivity index (χ2v) is 0.224. The molecule has 0 aromatic heterocycles. The van der Waals surface area contributed by atoms with Crippen LogP contribution in [0.2, 0.25) is 0 Å². The molecule has 0 heterocycles. The fourth-order valence-corrected chi connectivity index (χ4v) is 0. The molecule has 0 unspecified atom stereocenters. The van der Waals surface area contributed by atoms with E-state index in [1.54, 1.807) is 0 Å². The van der Waals surface area contributed by atoms with Crippen molar-refractivity contribution in [1.29, 1.82) is 0 Å². The summed E-state index contributed by atoms with van der Waals surface area (Å²) in [6, 6.07) is 0. The molecule has 0 radical (unpaired) electrons. The largest absolute Gasteiger partial charge is 2.00 e. The zero-order valence-electron chi connectivity index (χ0n) is 4.30. The van der Waals surface area contributed by atoms with Crippen LogP contribution in [0.3, 0.4) is 0 Å². The third-order valence-electron chi connectivity index (χ3n) is 0. The first-order valence-electron chi connectivity index (χ1n) is 0.548. The number of nitrogens with two attached hydrogens (primary N) is 4. The Kier molecular flexibility index (Phi) is 366. The summed E-state index contributed by atoms with van der Waals surface area (Å²) >= 11 is 0. The van der Waals surface area contributed by atoms with Crippen LogP contribution in [-0.2, 0) is 21.1 Å². The van der Waals surface area contributed by atoms with E-state index in [2.05, 4.69) is 0 Å². The summed E-state index contributed by atoms with van der Waals surface area (Å²) in [7, 11) is 0. The molecule has 0 amide bonds. The topological polar surface area (TPSA) is 200 Å². The SMILES string of the molecule is O=[N+]([O-])[O-].[NH2-].[NH2-].[NH2-].[NH2-].[Pt+2]. The van der Waals surface area contributed by atoms with Crippen LogP contribution in [0, 0.1) is 15.3 Å². The summed E-state index contributed by atoms with van der Waals surface area (Å²) in [6.07, 6.45) is 0. The molecule has 64 valence electrons. The molecular formula is H8N5O3Pt-3. The molecule has 0 saturated carbocycles. The molecule has 8 N–H and O–H groups in total. The molecule has 0 saturated heterocycles. The minimum Gasteiger partial charge on any atom is -0.693 e. The molecule has 0 aliphatic rings. The monoisotopic (exact) mass is 321 g/mol. The van der Waals surface area contributed by atoms with Gasteiger partial charge in [0.2, 0.25) is 0 Å². The minimum absolute atomic E-state index is 0. The van der Waals surface area contributed by atoms with Gasteiger partial charge in [0.1, 0.15) is 0 Å². The quantitative estimate of drug-likeness (QED) is 0.488. The van der Waals surface area contributed by atoms with E-state index in [1.807, 2.05) is 0 Å². The Hall–Kier alpha value is -0.272. The van der Waals surface area contributed by atoms with Crippen molar-refractivity contribution in [2.24, 2.45) is 0 Å². The Morgan fingerprint density at radius 2 is 0.889 bits per heavy atom. The van der Waals surface area contributed by atoms with Crippen LogP contribution in [0.25, 0.3) is 24.6 Å². The van der Waals surface area contributed by atoms with Crippen molar-refractivity contribution >= 4 is 0 Å². The van der Waals surface area contributed by atoms with E-state index in [0.717, 1.165) is 0 Å². The Morgan fingerprint density at radius 1 is 0.889 bits per heavy atom. The number of hydrogen-bond donors (Lipinski definition) is 0. The van der Waals surface area contributed by atoms with Gasteiger partial charge in [-0.15, -0.1) is 0 Å².